The molecule has 4 heteroatoms. The van der Waals surface area contributed by atoms with Crippen LogP contribution >= 0.6 is 11.3 Å². The third kappa shape index (κ3) is 5.92. The summed E-state index contributed by atoms with van der Waals surface area (Å²) in [4.78, 5) is 23.7. The first kappa shape index (κ1) is 17.1. The highest BCUT2D eigenvalue weighted by molar-refractivity contribution is 7.12. The van der Waals surface area contributed by atoms with Gasteiger partial charge in [0.15, 0.2) is 0 Å². The molecule has 1 aromatic rings. The summed E-state index contributed by atoms with van der Waals surface area (Å²) in [5.74, 6) is -0.217. The topological polar surface area (TPSA) is 46.2 Å². The second kappa shape index (κ2) is 9.08. The Hall–Kier alpha value is -1.94. The molecule has 1 atom stereocenters. The Bertz CT molecular complexity index is 541. The van der Waals surface area contributed by atoms with E-state index >= 15 is 0 Å². The van der Waals surface area contributed by atoms with Crippen LogP contribution in [-0.4, -0.2) is 18.2 Å². The Morgan fingerprint density at radius 3 is 2.76 bits per heavy atom. The van der Waals surface area contributed by atoms with Crippen LogP contribution in [0.2, 0.25) is 0 Å². The van der Waals surface area contributed by atoms with Gasteiger partial charge in [-0.3, -0.25) is 4.79 Å². The fraction of sp³-hybridized carbons (Fsp3) is 0.294. The van der Waals surface area contributed by atoms with Gasteiger partial charge in [-0.1, -0.05) is 43.4 Å². The Labute approximate surface area is 130 Å². The second-order valence-corrected chi connectivity index (χ2v) is 5.66. The number of hydrogen-bond donors (Lipinski definition) is 1. The van der Waals surface area contributed by atoms with Gasteiger partial charge in [0.05, 0.1) is 10.9 Å². The predicted molar refractivity (Wildman–Crippen MR) is 88.6 cm³/mol. The van der Waals surface area contributed by atoms with E-state index in [9.17, 15) is 9.59 Å². The minimum Gasteiger partial charge on any atom is -0.341 e. The van der Waals surface area contributed by atoms with Crippen molar-refractivity contribution in [3.8, 4) is 0 Å². The van der Waals surface area contributed by atoms with E-state index in [0.29, 0.717) is 11.3 Å². The van der Waals surface area contributed by atoms with Crippen LogP contribution in [0.4, 0.5) is 0 Å². The van der Waals surface area contributed by atoms with Crippen LogP contribution in [0.15, 0.2) is 53.5 Å². The zero-order valence-electron chi connectivity index (χ0n) is 12.5. The van der Waals surface area contributed by atoms with Gasteiger partial charge in [0.25, 0.3) is 5.91 Å². The number of rotatable bonds is 8. The molecule has 0 fully saturated rings. The van der Waals surface area contributed by atoms with Crippen LogP contribution < -0.4 is 5.32 Å². The Morgan fingerprint density at radius 2 is 2.24 bits per heavy atom. The summed E-state index contributed by atoms with van der Waals surface area (Å²) in [6.45, 7) is 7.89. The van der Waals surface area contributed by atoms with Crippen molar-refractivity contribution in [2.24, 2.45) is 0 Å². The van der Waals surface area contributed by atoms with Gasteiger partial charge < -0.3 is 10.1 Å². The Morgan fingerprint density at radius 1 is 1.48 bits per heavy atom. The van der Waals surface area contributed by atoms with Crippen LogP contribution in [0.3, 0.4) is 0 Å². The van der Waals surface area contributed by atoms with Crippen LogP contribution in [-0.2, 0) is 4.79 Å². The van der Waals surface area contributed by atoms with Crippen molar-refractivity contribution in [2.75, 3.05) is 0 Å². The number of amides is 1. The monoisotopic (exact) mass is 303 g/mol. The summed E-state index contributed by atoms with van der Waals surface area (Å²) in [6.07, 6.45) is 7.86. The maximum Gasteiger partial charge on any atom is 0.261 e. The third-order valence-electron chi connectivity index (χ3n) is 3.08. The number of thiophene rings is 1. The molecule has 0 saturated carbocycles. The zero-order chi connectivity index (χ0) is 15.7. The minimum atomic E-state index is -0.542. The fourth-order valence-corrected chi connectivity index (χ4v) is 2.25. The van der Waals surface area contributed by atoms with Crippen LogP contribution in [0, 0.1) is 0 Å². The van der Waals surface area contributed by atoms with Crippen LogP contribution in [0.1, 0.15) is 36.4 Å². The first-order valence-electron chi connectivity index (χ1n) is 6.89. The van der Waals surface area contributed by atoms with Gasteiger partial charge in [0.1, 0.15) is 6.29 Å². The van der Waals surface area contributed by atoms with Crippen molar-refractivity contribution in [3.63, 3.8) is 0 Å². The van der Waals surface area contributed by atoms with Gasteiger partial charge in [-0.15, -0.1) is 11.3 Å². The first-order chi connectivity index (χ1) is 10.1. The maximum absolute atomic E-state index is 11.9. The molecule has 0 aliphatic carbocycles. The van der Waals surface area contributed by atoms with E-state index < -0.39 is 6.04 Å². The number of hydrogen-bond acceptors (Lipinski definition) is 3. The predicted octanol–water partition coefficient (Wildman–Crippen LogP) is 3.90. The molecule has 0 aliphatic heterocycles. The molecule has 1 unspecified atom stereocenters. The lowest BCUT2D eigenvalue weighted by Crippen LogP contribution is -2.35. The van der Waals surface area contributed by atoms with Crippen molar-refractivity contribution in [3.05, 3.63) is 58.3 Å². The third-order valence-corrected chi connectivity index (χ3v) is 3.95. The minimum absolute atomic E-state index is 0.217. The molecule has 0 aromatic carbocycles. The molecule has 0 saturated heterocycles. The second-order valence-electron chi connectivity index (χ2n) is 4.71. The summed E-state index contributed by atoms with van der Waals surface area (Å²) in [7, 11) is 0. The highest BCUT2D eigenvalue weighted by Crippen LogP contribution is 2.11. The zero-order valence-corrected chi connectivity index (χ0v) is 13.3. The molecule has 0 radical (unpaired) electrons. The van der Waals surface area contributed by atoms with Gasteiger partial charge in [0, 0.05) is 0 Å². The number of aldehydes is 1. The molecule has 1 N–H and O–H groups in total. The summed E-state index contributed by atoms with van der Waals surface area (Å²) in [5, 5.41) is 4.56. The molecule has 3 nitrogen and oxygen atoms in total. The van der Waals surface area contributed by atoms with Crippen molar-refractivity contribution in [2.45, 2.75) is 32.7 Å². The van der Waals surface area contributed by atoms with E-state index in [1.54, 1.807) is 12.1 Å². The summed E-state index contributed by atoms with van der Waals surface area (Å²) in [6, 6.07) is 3.00. The van der Waals surface area contributed by atoms with Crippen molar-refractivity contribution in [1.29, 1.82) is 0 Å². The molecule has 0 bridgehead atoms. The number of nitrogens with one attached hydrogen (secondary N) is 1. The van der Waals surface area contributed by atoms with Crippen molar-refractivity contribution >= 4 is 23.5 Å². The largest absolute Gasteiger partial charge is 0.341 e. The molecule has 112 valence electrons. The highest BCUT2D eigenvalue weighted by atomic mass is 32.1. The van der Waals surface area contributed by atoms with Gasteiger partial charge in [-0.25, -0.2) is 0 Å². The molecule has 0 spiro atoms. The van der Waals surface area contributed by atoms with E-state index in [4.69, 9.17) is 0 Å². The van der Waals surface area contributed by atoms with Crippen molar-refractivity contribution in [1.82, 2.24) is 5.32 Å². The van der Waals surface area contributed by atoms with Gasteiger partial charge in [0.2, 0.25) is 0 Å². The molecule has 1 rings (SSSR count). The van der Waals surface area contributed by atoms with Crippen LogP contribution in [0.5, 0.6) is 0 Å². The van der Waals surface area contributed by atoms with Gasteiger partial charge in [-0.05, 0) is 36.8 Å². The van der Waals surface area contributed by atoms with E-state index in [1.807, 2.05) is 30.5 Å². The quantitative estimate of drug-likeness (QED) is 0.585. The Balaban J connectivity index is 2.69. The number of carbonyl (C=O) groups excluding carboxylic acids is 2. The average molecular weight is 303 g/mol. The molecule has 1 heterocycles. The highest BCUT2D eigenvalue weighted by Gasteiger charge is 2.14. The summed E-state index contributed by atoms with van der Waals surface area (Å²) >= 11 is 1.35. The first-order valence-corrected chi connectivity index (χ1v) is 7.77. The van der Waals surface area contributed by atoms with Gasteiger partial charge >= 0.3 is 0 Å². The normalized spacial score (nSPS) is 13.6. The molecule has 21 heavy (non-hydrogen) atoms. The summed E-state index contributed by atoms with van der Waals surface area (Å²) in [5.41, 5.74) is 2.17. The van der Waals surface area contributed by atoms with Crippen molar-refractivity contribution < 1.29 is 9.59 Å². The smallest absolute Gasteiger partial charge is 0.261 e. The summed E-state index contributed by atoms with van der Waals surface area (Å²) < 4.78 is 0. The number of carbonyl (C=O) groups is 2. The van der Waals surface area contributed by atoms with E-state index in [2.05, 4.69) is 18.8 Å². The molecule has 1 aromatic heterocycles. The maximum atomic E-state index is 11.9. The molecule has 0 aliphatic rings. The SMILES string of the molecule is C=C/C(=C\C=C(/C)CC)CC(C=O)NC(=O)c1cccs1. The van der Waals surface area contributed by atoms with Crippen LogP contribution in [0.25, 0.3) is 0 Å². The van der Waals surface area contributed by atoms with Gasteiger partial charge in [-0.2, -0.15) is 0 Å². The standard InChI is InChI=1S/C17H21NO2S/c1-4-13(3)8-9-14(5-2)11-15(12-19)18-17(20)16-7-6-10-21-16/h5-10,12,15H,2,4,11H2,1,3H3,(H,18,20)/b13-8+,14-9+. The fourth-order valence-electron chi connectivity index (χ4n) is 1.62. The number of allylic oxidation sites excluding steroid dienone is 4. The van der Waals surface area contributed by atoms with E-state index in [1.165, 1.54) is 16.9 Å². The lowest BCUT2D eigenvalue weighted by molar-refractivity contribution is -0.109. The molecular formula is C17H21NO2S. The van der Waals surface area contributed by atoms with E-state index in [0.717, 1.165) is 18.3 Å². The average Bonchev–Trinajstić information content (AvgIpc) is 3.04. The lowest BCUT2D eigenvalue weighted by Gasteiger charge is -2.12. The molecule has 1 amide bonds. The Kier molecular flexibility index (Phi) is 7.40. The lowest BCUT2D eigenvalue weighted by atomic mass is 10.1. The molecular weight excluding hydrogens is 282 g/mol. The van der Waals surface area contributed by atoms with E-state index in [-0.39, 0.29) is 5.91 Å².